The Bertz CT molecular complexity index is 1130. The first-order valence-corrected chi connectivity index (χ1v) is 10.3. The minimum Gasteiger partial charge on any atom is -0.322 e. The van der Waals surface area contributed by atoms with Crippen LogP contribution >= 0.6 is 23.1 Å². The molecule has 1 aromatic carbocycles. The van der Waals surface area contributed by atoms with Gasteiger partial charge in [-0.1, -0.05) is 11.8 Å². The molecule has 136 valence electrons. The van der Waals surface area contributed by atoms with Crippen molar-refractivity contribution in [3.8, 4) is 5.82 Å². The number of carbonyl (C=O) groups excluding carboxylic acids is 1. The molecule has 8 heteroatoms. The summed E-state index contributed by atoms with van der Waals surface area (Å²) in [4.78, 5) is 21.4. The van der Waals surface area contributed by atoms with Gasteiger partial charge in [-0.2, -0.15) is 5.10 Å². The molecular weight excluding hydrogens is 378 g/mol. The minimum atomic E-state index is -0.198. The quantitative estimate of drug-likeness (QED) is 0.516. The third-order valence-electron chi connectivity index (χ3n) is 4.04. The van der Waals surface area contributed by atoms with Crippen LogP contribution in [0.25, 0.3) is 16.0 Å². The average Bonchev–Trinajstić information content (AvgIpc) is 3.23. The van der Waals surface area contributed by atoms with E-state index >= 15 is 0 Å². The number of benzene rings is 1. The molecule has 4 rings (SSSR count). The van der Waals surface area contributed by atoms with E-state index in [1.807, 2.05) is 44.4 Å². The molecule has 0 fully saturated rings. The van der Waals surface area contributed by atoms with E-state index in [0.717, 1.165) is 31.6 Å². The van der Waals surface area contributed by atoms with E-state index < -0.39 is 0 Å². The average molecular weight is 396 g/mol. The van der Waals surface area contributed by atoms with Crippen molar-refractivity contribution in [3.05, 3.63) is 59.5 Å². The number of anilines is 1. The van der Waals surface area contributed by atoms with Gasteiger partial charge in [-0.15, -0.1) is 11.3 Å². The highest BCUT2D eigenvalue weighted by Gasteiger charge is 2.11. The van der Waals surface area contributed by atoms with Crippen LogP contribution in [0.2, 0.25) is 0 Å². The fourth-order valence-corrected chi connectivity index (χ4v) is 4.31. The van der Waals surface area contributed by atoms with Crippen molar-refractivity contribution in [3.63, 3.8) is 0 Å². The van der Waals surface area contributed by atoms with Gasteiger partial charge in [0.05, 0.1) is 21.5 Å². The smallest absolute Gasteiger partial charge is 0.257 e. The molecule has 0 radical (unpaired) electrons. The van der Waals surface area contributed by atoms with Crippen LogP contribution in [0.4, 0.5) is 5.69 Å². The largest absolute Gasteiger partial charge is 0.322 e. The number of nitrogens with zero attached hydrogens (tertiary/aromatic N) is 4. The summed E-state index contributed by atoms with van der Waals surface area (Å²) in [6.45, 7) is 3.91. The molecule has 0 bridgehead atoms. The number of amides is 1. The van der Waals surface area contributed by atoms with Crippen molar-refractivity contribution in [1.82, 2.24) is 19.7 Å². The molecule has 0 unspecified atom stereocenters. The van der Waals surface area contributed by atoms with Crippen LogP contribution < -0.4 is 5.32 Å². The van der Waals surface area contributed by atoms with E-state index in [2.05, 4.69) is 20.4 Å². The first kappa shape index (κ1) is 17.7. The zero-order valence-electron chi connectivity index (χ0n) is 15.1. The van der Waals surface area contributed by atoms with Gasteiger partial charge in [0.25, 0.3) is 5.91 Å². The van der Waals surface area contributed by atoms with E-state index in [9.17, 15) is 4.79 Å². The van der Waals surface area contributed by atoms with E-state index in [-0.39, 0.29) is 5.91 Å². The first-order chi connectivity index (χ1) is 13.0. The highest BCUT2D eigenvalue weighted by Crippen LogP contribution is 2.30. The van der Waals surface area contributed by atoms with E-state index in [1.54, 1.807) is 46.1 Å². The maximum absolute atomic E-state index is 12.5. The molecular formula is C19H17N5OS2. The Kier molecular flexibility index (Phi) is 4.67. The van der Waals surface area contributed by atoms with Crippen LogP contribution in [-0.4, -0.2) is 31.9 Å². The lowest BCUT2D eigenvalue weighted by atomic mass is 10.2. The van der Waals surface area contributed by atoms with Crippen LogP contribution in [0.3, 0.4) is 0 Å². The molecule has 1 N–H and O–H groups in total. The highest BCUT2D eigenvalue weighted by molar-refractivity contribution is 8.00. The zero-order valence-corrected chi connectivity index (χ0v) is 16.7. The van der Waals surface area contributed by atoms with E-state index in [4.69, 9.17) is 0 Å². The van der Waals surface area contributed by atoms with Crippen LogP contribution in [-0.2, 0) is 0 Å². The van der Waals surface area contributed by atoms with Gasteiger partial charge in [0.15, 0.2) is 10.2 Å². The zero-order chi connectivity index (χ0) is 19.0. The van der Waals surface area contributed by atoms with Crippen molar-refractivity contribution in [1.29, 1.82) is 0 Å². The highest BCUT2D eigenvalue weighted by atomic mass is 32.2. The molecule has 4 aromatic rings. The number of aromatic nitrogens is 4. The predicted molar refractivity (Wildman–Crippen MR) is 110 cm³/mol. The van der Waals surface area contributed by atoms with Crippen molar-refractivity contribution < 1.29 is 4.79 Å². The molecule has 0 saturated carbocycles. The van der Waals surface area contributed by atoms with Crippen LogP contribution in [0.15, 0.2) is 46.9 Å². The maximum atomic E-state index is 12.5. The molecule has 0 aliphatic rings. The number of aryl methyl sites for hydroxylation is 2. The minimum absolute atomic E-state index is 0.198. The van der Waals surface area contributed by atoms with Crippen molar-refractivity contribution >= 4 is 44.9 Å². The second kappa shape index (κ2) is 7.13. The fourth-order valence-electron chi connectivity index (χ4n) is 2.78. The van der Waals surface area contributed by atoms with Gasteiger partial charge in [-0.05, 0) is 56.5 Å². The monoisotopic (exact) mass is 395 g/mol. The summed E-state index contributed by atoms with van der Waals surface area (Å²) in [5.41, 5.74) is 4.11. The topological polar surface area (TPSA) is 72.7 Å². The summed E-state index contributed by atoms with van der Waals surface area (Å²) in [5, 5.41) is 7.33. The summed E-state index contributed by atoms with van der Waals surface area (Å²) in [6, 6.07) is 11.3. The van der Waals surface area contributed by atoms with Crippen molar-refractivity contribution in [2.24, 2.45) is 0 Å². The number of hydrogen-bond donors (Lipinski definition) is 1. The Balaban J connectivity index is 1.53. The molecule has 6 nitrogen and oxygen atoms in total. The third kappa shape index (κ3) is 3.58. The number of fused-ring (bicyclic) bond motifs is 1. The lowest BCUT2D eigenvalue weighted by molar-refractivity contribution is 0.102. The van der Waals surface area contributed by atoms with Gasteiger partial charge < -0.3 is 5.32 Å². The number of carbonyl (C=O) groups is 1. The second-order valence-electron chi connectivity index (χ2n) is 6.06. The van der Waals surface area contributed by atoms with Gasteiger partial charge in [0.1, 0.15) is 0 Å². The number of thioether (sulfide) groups is 1. The number of thiazole rings is 1. The van der Waals surface area contributed by atoms with Crippen molar-refractivity contribution in [2.45, 2.75) is 18.2 Å². The Morgan fingerprint density at radius 3 is 2.70 bits per heavy atom. The molecule has 3 heterocycles. The Hall–Kier alpha value is -2.71. The van der Waals surface area contributed by atoms with Crippen LogP contribution in [0.5, 0.6) is 0 Å². The third-order valence-corrected chi connectivity index (χ3v) is 6.04. The summed E-state index contributed by atoms with van der Waals surface area (Å²) in [7, 11) is 0. The summed E-state index contributed by atoms with van der Waals surface area (Å²) in [6.07, 6.45) is 3.57. The first-order valence-electron chi connectivity index (χ1n) is 8.29. The van der Waals surface area contributed by atoms with Gasteiger partial charge in [-0.25, -0.2) is 14.6 Å². The second-order valence-corrected chi connectivity index (χ2v) is 8.15. The maximum Gasteiger partial charge on any atom is 0.257 e. The van der Waals surface area contributed by atoms with Gasteiger partial charge >= 0.3 is 0 Å². The molecule has 1 amide bonds. The molecule has 0 aliphatic carbocycles. The molecule has 0 saturated heterocycles. The standard InChI is InChI=1S/C19H17N5OS2/c1-11-8-12(2)24(23-11)17-7-4-13(10-20-17)18(25)21-14-5-6-15-16(9-14)27-19(22-15)26-3/h4-10H,1-3H3,(H,21,25). The molecule has 3 aromatic heterocycles. The Morgan fingerprint density at radius 2 is 2.04 bits per heavy atom. The Morgan fingerprint density at radius 1 is 1.19 bits per heavy atom. The van der Waals surface area contributed by atoms with Crippen molar-refractivity contribution in [2.75, 3.05) is 11.6 Å². The summed E-state index contributed by atoms with van der Waals surface area (Å²) < 4.78 is 3.82. The molecule has 0 spiro atoms. The number of nitrogens with one attached hydrogen (secondary N) is 1. The van der Waals surface area contributed by atoms with E-state index in [1.165, 1.54) is 0 Å². The SMILES string of the molecule is CSc1nc2ccc(NC(=O)c3ccc(-n4nc(C)cc4C)nc3)cc2s1. The molecule has 27 heavy (non-hydrogen) atoms. The predicted octanol–water partition coefficient (Wildman–Crippen LogP) is 4.47. The lowest BCUT2D eigenvalue weighted by Crippen LogP contribution is -2.12. The fraction of sp³-hybridized carbons (Fsp3) is 0.158. The molecule has 0 atom stereocenters. The number of hydrogen-bond acceptors (Lipinski definition) is 6. The van der Waals surface area contributed by atoms with Gasteiger partial charge in [0, 0.05) is 17.6 Å². The lowest BCUT2D eigenvalue weighted by Gasteiger charge is -2.07. The normalized spacial score (nSPS) is 11.1. The molecule has 0 aliphatic heterocycles. The summed E-state index contributed by atoms with van der Waals surface area (Å²) >= 11 is 3.23. The Labute approximate surface area is 164 Å². The number of rotatable bonds is 4. The summed E-state index contributed by atoms with van der Waals surface area (Å²) in [5.74, 6) is 0.490. The van der Waals surface area contributed by atoms with Gasteiger partial charge in [0.2, 0.25) is 0 Å². The van der Waals surface area contributed by atoms with Crippen LogP contribution in [0, 0.1) is 13.8 Å². The number of pyridine rings is 1. The van der Waals surface area contributed by atoms with Crippen LogP contribution in [0.1, 0.15) is 21.7 Å². The van der Waals surface area contributed by atoms with Gasteiger partial charge in [-0.3, -0.25) is 4.79 Å². The van der Waals surface area contributed by atoms with E-state index in [0.29, 0.717) is 11.4 Å².